The fourth-order valence-corrected chi connectivity index (χ4v) is 3.36. The lowest BCUT2D eigenvalue weighted by atomic mass is 9.87. The molecule has 0 radical (unpaired) electrons. The maximum absolute atomic E-state index is 3.78. The second kappa shape index (κ2) is 6.50. The molecule has 1 aromatic carbocycles. The maximum atomic E-state index is 3.78. The molecule has 0 spiro atoms. The van der Waals surface area contributed by atoms with Gasteiger partial charge in [-0.15, -0.1) is 0 Å². The third-order valence-corrected chi connectivity index (χ3v) is 5.30. The Morgan fingerprint density at radius 2 is 1.86 bits per heavy atom. The van der Waals surface area contributed by atoms with Gasteiger partial charge in [0.25, 0.3) is 0 Å². The fraction of sp³-hybridized carbons (Fsp3) is 0.684. The van der Waals surface area contributed by atoms with Crippen molar-refractivity contribution in [1.82, 2.24) is 10.2 Å². The van der Waals surface area contributed by atoms with Crippen molar-refractivity contribution in [3.63, 3.8) is 0 Å². The summed E-state index contributed by atoms with van der Waals surface area (Å²) in [4.78, 5) is 2.72. The lowest BCUT2D eigenvalue weighted by Gasteiger charge is -2.50. The fourth-order valence-electron chi connectivity index (χ4n) is 3.36. The van der Waals surface area contributed by atoms with E-state index in [9.17, 15) is 0 Å². The van der Waals surface area contributed by atoms with Gasteiger partial charge in [-0.05, 0) is 38.7 Å². The first kappa shape index (κ1) is 16.5. The maximum Gasteiger partial charge on any atom is 0.0324 e. The van der Waals surface area contributed by atoms with Crippen molar-refractivity contribution in [2.24, 2.45) is 5.92 Å². The van der Waals surface area contributed by atoms with Crippen LogP contribution in [0.2, 0.25) is 0 Å². The molecule has 1 fully saturated rings. The van der Waals surface area contributed by atoms with Gasteiger partial charge in [-0.25, -0.2) is 0 Å². The summed E-state index contributed by atoms with van der Waals surface area (Å²) in [6.45, 7) is 16.1. The summed E-state index contributed by atoms with van der Waals surface area (Å²) in [5, 5.41) is 3.78. The number of rotatable bonds is 4. The van der Waals surface area contributed by atoms with Gasteiger partial charge in [0, 0.05) is 30.7 Å². The van der Waals surface area contributed by atoms with Crippen LogP contribution in [0, 0.1) is 12.8 Å². The quantitative estimate of drug-likeness (QED) is 0.895. The van der Waals surface area contributed by atoms with E-state index in [1.54, 1.807) is 0 Å². The molecule has 1 aliphatic heterocycles. The van der Waals surface area contributed by atoms with Crippen LogP contribution in [0.5, 0.6) is 0 Å². The first-order valence-electron chi connectivity index (χ1n) is 8.43. The average molecular weight is 288 g/mol. The van der Waals surface area contributed by atoms with Crippen LogP contribution in [-0.4, -0.2) is 29.6 Å². The van der Waals surface area contributed by atoms with E-state index < -0.39 is 0 Å². The number of piperazine rings is 1. The van der Waals surface area contributed by atoms with Gasteiger partial charge in [0.2, 0.25) is 0 Å². The van der Waals surface area contributed by atoms with Crippen molar-refractivity contribution in [1.29, 1.82) is 0 Å². The van der Waals surface area contributed by atoms with Gasteiger partial charge in [0.15, 0.2) is 0 Å². The lowest BCUT2D eigenvalue weighted by Crippen LogP contribution is -2.64. The molecule has 1 saturated heterocycles. The zero-order valence-electron chi connectivity index (χ0n) is 14.6. The molecule has 1 aliphatic rings. The van der Waals surface area contributed by atoms with Crippen molar-refractivity contribution in [3.05, 3.63) is 35.4 Å². The number of benzene rings is 1. The third kappa shape index (κ3) is 3.67. The number of hydrogen-bond donors (Lipinski definition) is 1. The highest BCUT2D eigenvalue weighted by Gasteiger charge is 2.38. The monoisotopic (exact) mass is 288 g/mol. The Morgan fingerprint density at radius 1 is 1.24 bits per heavy atom. The standard InChI is InChI=1S/C19H32N2/c1-7-19(6)13-21(18(12-20-19)14(2)3)16(5)17-10-8-15(4)9-11-17/h8-11,14,16,18,20H,7,12-13H2,1-6H3. The molecule has 0 saturated carbocycles. The molecule has 3 atom stereocenters. The molecule has 2 heteroatoms. The van der Waals surface area contributed by atoms with Crippen molar-refractivity contribution in [2.45, 2.75) is 65.6 Å². The van der Waals surface area contributed by atoms with Crippen molar-refractivity contribution in [2.75, 3.05) is 13.1 Å². The summed E-state index contributed by atoms with van der Waals surface area (Å²) in [6, 6.07) is 10.1. The van der Waals surface area contributed by atoms with Gasteiger partial charge in [0.1, 0.15) is 0 Å². The minimum absolute atomic E-state index is 0.240. The average Bonchev–Trinajstić information content (AvgIpc) is 2.47. The molecular formula is C19H32N2. The van der Waals surface area contributed by atoms with Crippen LogP contribution < -0.4 is 5.32 Å². The Hall–Kier alpha value is -0.860. The first-order valence-corrected chi connectivity index (χ1v) is 8.43. The summed E-state index contributed by atoms with van der Waals surface area (Å²) in [7, 11) is 0. The number of nitrogens with zero attached hydrogens (tertiary/aromatic N) is 1. The van der Waals surface area contributed by atoms with E-state index in [4.69, 9.17) is 0 Å². The van der Waals surface area contributed by atoms with E-state index >= 15 is 0 Å². The van der Waals surface area contributed by atoms with Crippen LogP contribution >= 0.6 is 0 Å². The van der Waals surface area contributed by atoms with Crippen LogP contribution in [0.4, 0.5) is 0 Å². The molecule has 0 aromatic heterocycles. The lowest BCUT2D eigenvalue weighted by molar-refractivity contribution is 0.0295. The zero-order chi connectivity index (χ0) is 15.6. The Kier molecular flexibility index (Phi) is 5.11. The number of aryl methyl sites for hydroxylation is 1. The second-order valence-corrected chi connectivity index (χ2v) is 7.37. The third-order valence-electron chi connectivity index (χ3n) is 5.30. The van der Waals surface area contributed by atoms with Crippen LogP contribution in [-0.2, 0) is 0 Å². The topological polar surface area (TPSA) is 15.3 Å². The molecule has 0 bridgehead atoms. The molecule has 0 amide bonds. The van der Waals surface area contributed by atoms with Crippen LogP contribution in [0.3, 0.4) is 0 Å². The first-order chi connectivity index (χ1) is 9.86. The minimum Gasteiger partial charge on any atom is -0.309 e. The van der Waals surface area contributed by atoms with Crippen LogP contribution in [0.15, 0.2) is 24.3 Å². The molecule has 1 N–H and O–H groups in total. The second-order valence-electron chi connectivity index (χ2n) is 7.37. The minimum atomic E-state index is 0.240. The van der Waals surface area contributed by atoms with Gasteiger partial charge in [0.05, 0.1) is 0 Å². The summed E-state index contributed by atoms with van der Waals surface area (Å²) in [5.74, 6) is 0.673. The number of nitrogens with one attached hydrogen (secondary N) is 1. The summed E-state index contributed by atoms with van der Waals surface area (Å²) < 4.78 is 0. The largest absolute Gasteiger partial charge is 0.309 e. The summed E-state index contributed by atoms with van der Waals surface area (Å²) in [6.07, 6.45) is 1.18. The Morgan fingerprint density at radius 3 is 2.38 bits per heavy atom. The number of hydrogen-bond acceptors (Lipinski definition) is 2. The van der Waals surface area contributed by atoms with E-state index in [-0.39, 0.29) is 5.54 Å². The van der Waals surface area contributed by atoms with Gasteiger partial charge < -0.3 is 5.32 Å². The molecule has 1 heterocycles. The van der Waals surface area contributed by atoms with Gasteiger partial charge >= 0.3 is 0 Å². The van der Waals surface area contributed by atoms with E-state index in [0.717, 1.165) is 13.1 Å². The Balaban J connectivity index is 2.24. The van der Waals surface area contributed by atoms with Gasteiger partial charge in [-0.2, -0.15) is 0 Å². The van der Waals surface area contributed by atoms with Crippen molar-refractivity contribution in [3.8, 4) is 0 Å². The Labute approximate surface area is 130 Å². The normalized spacial score (nSPS) is 28.8. The highest BCUT2D eigenvalue weighted by atomic mass is 15.3. The van der Waals surface area contributed by atoms with Crippen LogP contribution in [0.1, 0.15) is 58.2 Å². The molecule has 0 aliphatic carbocycles. The van der Waals surface area contributed by atoms with E-state index in [0.29, 0.717) is 18.0 Å². The van der Waals surface area contributed by atoms with Crippen molar-refractivity contribution >= 4 is 0 Å². The van der Waals surface area contributed by atoms with E-state index in [2.05, 4.69) is 76.0 Å². The molecule has 118 valence electrons. The Bertz CT molecular complexity index is 451. The highest BCUT2D eigenvalue weighted by Crippen LogP contribution is 2.31. The predicted molar refractivity (Wildman–Crippen MR) is 91.6 cm³/mol. The van der Waals surface area contributed by atoms with Crippen LogP contribution in [0.25, 0.3) is 0 Å². The molecule has 1 aromatic rings. The molecule has 2 nitrogen and oxygen atoms in total. The summed E-state index contributed by atoms with van der Waals surface area (Å²) in [5.41, 5.74) is 3.02. The predicted octanol–water partition coefficient (Wildman–Crippen LogP) is 4.15. The summed E-state index contributed by atoms with van der Waals surface area (Å²) >= 11 is 0. The smallest absolute Gasteiger partial charge is 0.0324 e. The molecule has 21 heavy (non-hydrogen) atoms. The molecular weight excluding hydrogens is 256 g/mol. The van der Waals surface area contributed by atoms with E-state index in [1.807, 2.05) is 0 Å². The molecule has 2 rings (SSSR count). The highest BCUT2D eigenvalue weighted by molar-refractivity contribution is 5.24. The molecule has 3 unspecified atom stereocenters. The SMILES string of the molecule is CCC1(C)CN(C(C)c2ccc(C)cc2)C(C(C)C)CN1. The zero-order valence-corrected chi connectivity index (χ0v) is 14.6. The van der Waals surface area contributed by atoms with Gasteiger partial charge in [-0.3, -0.25) is 4.90 Å². The van der Waals surface area contributed by atoms with Gasteiger partial charge in [-0.1, -0.05) is 50.6 Å². The van der Waals surface area contributed by atoms with E-state index in [1.165, 1.54) is 17.5 Å². The van der Waals surface area contributed by atoms with Crippen molar-refractivity contribution < 1.29 is 0 Å².